The molecule has 1 unspecified atom stereocenters. The Kier molecular flexibility index (Phi) is 3.47. The second-order valence-corrected chi connectivity index (χ2v) is 5.31. The molecule has 3 rings (SSSR count). The number of aromatic carboxylic acids is 1. The van der Waals surface area contributed by atoms with Crippen molar-refractivity contribution in [2.24, 2.45) is 0 Å². The summed E-state index contributed by atoms with van der Waals surface area (Å²) in [6.45, 7) is 4.69. The summed E-state index contributed by atoms with van der Waals surface area (Å²) in [7, 11) is 0. The van der Waals surface area contributed by atoms with E-state index in [2.05, 4.69) is 10.3 Å². The van der Waals surface area contributed by atoms with Crippen molar-refractivity contribution in [3.05, 3.63) is 40.7 Å². The van der Waals surface area contributed by atoms with Crippen LogP contribution in [0.4, 0.5) is 0 Å². The van der Waals surface area contributed by atoms with E-state index in [4.69, 9.17) is 4.74 Å². The molecular formula is C15H17N3O3. The standard InChI is InChI=1S/C15H17N3O3/c1-9-5-6-11(8-10(9)2)18-14(12-4-3-7-21-12)13(15(19)20)16-17-18/h5-6,8,12H,3-4,7H2,1-2H3,(H,19,20). The third-order valence-electron chi connectivity index (χ3n) is 3.88. The molecule has 6 heteroatoms. The highest BCUT2D eigenvalue weighted by atomic mass is 16.5. The summed E-state index contributed by atoms with van der Waals surface area (Å²) in [5.74, 6) is -1.07. The van der Waals surface area contributed by atoms with Gasteiger partial charge in [-0.2, -0.15) is 0 Å². The number of aromatic nitrogens is 3. The van der Waals surface area contributed by atoms with Gasteiger partial charge < -0.3 is 9.84 Å². The van der Waals surface area contributed by atoms with Crippen molar-refractivity contribution in [3.63, 3.8) is 0 Å². The average molecular weight is 287 g/mol. The maximum absolute atomic E-state index is 11.4. The maximum Gasteiger partial charge on any atom is 0.358 e. The summed E-state index contributed by atoms with van der Waals surface area (Å²) < 4.78 is 7.23. The molecule has 2 aromatic rings. The Morgan fingerprint density at radius 1 is 1.38 bits per heavy atom. The Balaban J connectivity index is 2.13. The quantitative estimate of drug-likeness (QED) is 0.938. The largest absolute Gasteiger partial charge is 0.476 e. The zero-order valence-electron chi connectivity index (χ0n) is 12.0. The van der Waals surface area contributed by atoms with Gasteiger partial charge in [0.1, 0.15) is 11.8 Å². The summed E-state index contributed by atoms with van der Waals surface area (Å²) in [4.78, 5) is 11.4. The van der Waals surface area contributed by atoms with Gasteiger partial charge in [0.25, 0.3) is 0 Å². The summed E-state index contributed by atoms with van der Waals surface area (Å²) >= 11 is 0. The molecular weight excluding hydrogens is 270 g/mol. The normalized spacial score (nSPS) is 18.1. The van der Waals surface area contributed by atoms with Gasteiger partial charge in [-0.3, -0.25) is 0 Å². The number of nitrogens with zero attached hydrogens (tertiary/aromatic N) is 3. The Labute approximate surface area is 122 Å². The molecule has 0 saturated carbocycles. The number of benzene rings is 1. The van der Waals surface area contributed by atoms with Gasteiger partial charge in [0.05, 0.1) is 5.69 Å². The number of carbonyl (C=O) groups is 1. The van der Waals surface area contributed by atoms with Crippen LogP contribution < -0.4 is 0 Å². The molecule has 6 nitrogen and oxygen atoms in total. The van der Waals surface area contributed by atoms with Crippen LogP contribution in [0.2, 0.25) is 0 Å². The predicted molar refractivity (Wildman–Crippen MR) is 75.7 cm³/mol. The second kappa shape index (κ2) is 5.29. The van der Waals surface area contributed by atoms with Gasteiger partial charge in [-0.25, -0.2) is 9.48 Å². The Bertz CT molecular complexity index is 687. The zero-order valence-corrected chi connectivity index (χ0v) is 12.0. The number of hydrogen-bond donors (Lipinski definition) is 1. The van der Waals surface area contributed by atoms with Crippen molar-refractivity contribution >= 4 is 5.97 Å². The van der Waals surface area contributed by atoms with E-state index in [0.717, 1.165) is 24.1 Å². The number of hydrogen-bond acceptors (Lipinski definition) is 4. The van der Waals surface area contributed by atoms with Gasteiger partial charge in [0, 0.05) is 6.61 Å². The first-order valence-corrected chi connectivity index (χ1v) is 6.96. The second-order valence-electron chi connectivity index (χ2n) is 5.31. The van der Waals surface area contributed by atoms with E-state index in [1.165, 1.54) is 5.56 Å². The fourth-order valence-corrected chi connectivity index (χ4v) is 2.57. The number of rotatable bonds is 3. The van der Waals surface area contributed by atoms with Crippen LogP contribution in [-0.4, -0.2) is 32.7 Å². The van der Waals surface area contributed by atoms with E-state index in [1.807, 2.05) is 32.0 Å². The van der Waals surface area contributed by atoms with Crippen LogP contribution in [0.25, 0.3) is 5.69 Å². The Morgan fingerprint density at radius 2 is 2.19 bits per heavy atom. The molecule has 1 saturated heterocycles. The van der Waals surface area contributed by atoms with Crippen molar-refractivity contribution in [2.45, 2.75) is 32.8 Å². The minimum Gasteiger partial charge on any atom is -0.476 e. The molecule has 0 amide bonds. The molecule has 1 N–H and O–H groups in total. The number of carboxylic acids is 1. The molecule has 1 aliphatic heterocycles. The lowest BCUT2D eigenvalue weighted by Gasteiger charge is -2.13. The van der Waals surface area contributed by atoms with Gasteiger partial charge >= 0.3 is 5.97 Å². The zero-order chi connectivity index (χ0) is 15.0. The van der Waals surface area contributed by atoms with Crippen LogP contribution in [0.1, 0.15) is 46.3 Å². The fraction of sp³-hybridized carbons (Fsp3) is 0.400. The lowest BCUT2D eigenvalue weighted by atomic mass is 10.1. The smallest absolute Gasteiger partial charge is 0.358 e. The molecule has 0 radical (unpaired) electrons. The van der Waals surface area contributed by atoms with E-state index in [1.54, 1.807) is 4.68 Å². The molecule has 110 valence electrons. The lowest BCUT2D eigenvalue weighted by molar-refractivity contribution is 0.0673. The molecule has 1 atom stereocenters. The monoisotopic (exact) mass is 287 g/mol. The van der Waals surface area contributed by atoms with E-state index < -0.39 is 5.97 Å². The van der Waals surface area contributed by atoms with Crippen molar-refractivity contribution in [1.82, 2.24) is 15.0 Å². The molecule has 1 aromatic heterocycles. The number of carboxylic acid groups (broad SMARTS) is 1. The molecule has 21 heavy (non-hydrogen) atoms. The van der Waals surface area contributed by atoms with Crippen LogP contribution in [0.5, 0.6) is 0 Å². The molecule has 1 aliphatic rings. The lowest BCUT2D eigenvalue weighted by Crippen LogP contribution is -2.11. The first-order chi connectivity index (χ1) is 10.1. The van der Waals surface area contributed by atoms with Gasteiger partial charge in [-0.1, -0.05) is 11.3 Å². The van der Waals surface area contributed by atoms with E-state index in [9.17, 15) is 9.90 Å². The summed E-state index contributed by atoms with van der Waals surface area (Å²) in [5.41, 5.74) is 3.61. The van der Waals surface area contributed by atoms with Gasteiger partial charge in [-0.05, 0) is 49.9 Å². The van der Waals surface area contributed by atoms with Crippen molar-refractivity contribution in [2.75, 3.05) is 6.61 Å². The third kappa shape index (κ3) is 2.42. The highest BCUT2D eigenvalue weighted by Crippen LogP contribution is 2.31. The van der Waals surface area contributed by atoms with Crippen LogP contribution in [0.3, 0.4) is 0 Å². The molecule has 1 fully saturated rings. The van der Waals surface area contributed by atoms with Crippen molar-refractivity contribution < 1.29 is 14.6 Å². The minimum absolute atomic E-state index is 0.0277. The Morgan fingerprint density at radius 3 is 2.81 bits per heavy atom. The fourth-order valence-electron chi connectivity index (χ4n) is 2.57. The maximum atomic E-state index is 11.4. The average Bonchev–Trinajstić information content (AvgIpc) is 3.09. The Hall–Kier alpha value is -2.21. The minimum atomic E-state index is -1.07. The SMILES string of the molecule is Cc1ccc(-n2nnc(C(=O)O)c2C2CCCO2)cc1C. The van der Waals surface area contributed by atoms with Gasteiger partial charge in [-0.15, -0.1) is 5.10 Å². The van der Waals surface area contributed by atoms with Crippen LogP contribution >= 0.6 is 0 Å². The molecule has 0 spiro atoms. The third-order valence-corrected chi connectivity index (χ3v) is 3.88. The van der Waals surface area contributed by atoms with Crippen LogP contribution in [-0.2, 0) is 4.74 Å². The van der Waals surface area contributed by atoms with E-state index >= 15 is 0 Å². The predicted octanol–water partition coefficient (Wildman–Crippen LogP) is 2.43. The number of aryl methyl sites for hydroxylation is 2. The molecule has 0 aliphatic carbocycles. The first kappa shape index (κ1) is 13.8. The van der Waals surface area contributed by atoms with E-state index in [-0.39, 0.29) is 11.8 Å². The molecule has 2 heterocycles. The summed E-state index contributed by atoms with van der Waals surface area (Å²) in [5, 5.41) is 17.2. The van der Waals surface area contributed by atoms with Gasteiger partial charge in [0.2, 0.25) is 0 Å². The van der Waals surface area contributed by atoms with Crippen LogP contribution in [0.15, 0.2) is 18.2 Å². The van der Waals surface area contributed by atoms with Crippen molar-refractivity contribution in [3.8, 4) is 5.69 Å². The first-order valence-electron chi connectivity index (χ1n) is 6.96. The summed E-state index contributed by atoms with van der Waals surface area (Å²) in [6.07, 6.45) is 1.45. The van der Waals surface area contributed by atoms with E-state index in [0.29, 0.717) is 12.3 Å². The number of ether oxygens (including phenoxy) is 1. The van der Waals surface area contributed by atoms with Gasteiger partial charge in [0.15, 0.2) is 5.69 Å². The highest BCUT2D eigenvalue weighted by Gasteiger charge is 2.30. The van der Waals surface area contributed by atoms with Crippen molar-refractivity contribution in [1.29, 1.82) is 0 Å². The highest BCUT2D eigenvalue weighted by molar-refractivity contribution is 5.86. The topological polar surface area (TPSA) is 77.2 Å². The summed E-state index contributed by atoms with van der Waals surface area (Å²) in [6, 6.07) is 5.89. The van der Waals surface area contributed by atoms with Crippen LogP contribution in [0, 0.1) is 13.8 Å². The molecule has 0 bridgehead atoms. The molecule has 1 aromatic carbocycles.